The zero-order valence-electron chi connectivity index (χ0n) is 18.7. The zero-order valence-corrected chi connectivity index (χ0v) is 18.7. The molecule has 176 valence electrons. The van der Waals surface area contributed by atoms with Crippen molar-refractivity contribution in [2.45, 2.75) is 6.61 Å². The average Bonchev–Trinajstić information content (AvgIpc) is 3.36. The van der Waals surface area contributed by atoms with E-state index in [1.807, 2.05) is 30.3 Å². The van der Waals surface area contributed by atoms with E-state index in [2.05, 4.69) is 10.5 Å². The number of carbonyl (C=O) groups is 1. The maximum Gasteiger partial charge on any atom is 0.284 e. The van der Waals surface area contributed by atoms with Gasteiger partial charge in [-0.2, -0.15) is 5.10 Å². The molecule has 1 N–H and O–H groups in total. The molecule has 0 fully saturated rings. The predicted octanol–water partition coefficient (Wildman–Crippen LogP) is 5.21. The van der Waals surface area contributed by atoms with Crippen molar-refractivity contribution in [1.82, 2.24) is 5.43 Å². The minimum atomic E-state index is -0.508. The van der Waals surface area contributed by atoms with Crippen molar-refractivity contribution in [1.29, 1.82) is 0 Å². The first kappa shape index (κ1) is 23.2. The van der Waals surface area contributed by atoms with Gasteiger partial charge in [-0.3, -0.25) is 14.9 Å². The first-order valence-corrected chi connectivity index (χ1v) is 10.6. The van der Waals surface area contributed by atoms with E-state index >= 15 is 0 Å². The first-order valence-electron chi connectivity index (χ1n) is 10.6. The second-order valence-corrected chi connectivity index (χ2v) is 7.31. The number of rotatable bonds is 9. The summed E-state index contributed by atoms with van der Waals surface area (Å²) in [5.41, 5.74) is 3.90. The molecule has 0 atom stereocenters. The van der Waals surface area contributed by atoms with Crippen LogP contribution in [-0.4, -0.2) is 24.2 Å². The summed E-state index contributed by atoms with van der Waals surface area (Å²) >= 11 is 0. The van der Waals surface area contributed by atoms with Crippen LogP contribution in [0.2, 0.25) is 0 Å². The number of nitrogens with one attached hydrogen (secondary N) is 1. The largest absolute Gasteiger partial charge is 0.497 e. The number of nitrogens with zero attached hydrogens (tertiary/aromatic N) is 2. The highest BCUT2D eigenvalue weighted by Crippen LogP contribution is 2.33. The molecule has 9 heteroatoms. The van der Waals surface area contributed by atoms with Crippen LogP contribution in [0.3, 0.4) is 0 Å². The van der Waals surface area contributed by atoms with Crippen molar-refractivity contribution < 1.29 is 23.6 Å². The van der Waals surface area contributed by atoms with Crippen LogP contribution in [0.5, 0.6) is 11.5 Å². The number of benzene rings is 3. The van der Waals surface area contributed by atoms with Crippen LogP contribution < -0.4 is 14.9 Å². The lowest BCUT2D eigenvalue weighted by Gasteiger charge is -2.10. The fourth-order valence-electron chi connectivity index (χ4n) is 3.29. The molecule has 0 radical (unpaired) electrons. The number of nitro groups is 1. The molecule has 0 aliphatic heterocycles. The Bertz CT molecular complexity index is 1360. The standard InChI is InChI=1S/C26H21N3O6/c1-33-19-11-13-21(23(15-19)29(31)32)25-14-12-20(35-25)16-27-28-26(30)22-9-5-6-10-24(22)34-17-18-7-3-2-4-8-18/h2-16H,17H2,1H3,(H,28,30)/b27-16+. The van der Waals surface area contributed by atoms with Gasteiger partial charge in [-0.15, -0.1) is 0 Å². The molecule has 0 saturated carbocycles. The Morgan fingerprint density at radius 2 is 1.83 bits per heavy atom. The van der Waals surface area contributed by atoms with Crippen molar-refractivity contribution >= 4 is 17.8 Å². The second-order valence-electron chi connectivity index (χ2n) is 7.31. The topological polar surface area (TPSA) is 116 Å². The fraction of sp³-hybridized carbons (Fsp3) is 0.0769. The van der Waals surface area contributed by atoms with E-state index in [9.17, 15) is 14.9 Å². The number of hydrazone groups is 1. The molecule has 0 aliphatic rings. The Balaban J connectivity index is 1.43. The SMILES string of the molecule is COc1ccc(-c2ccc(/C=N/NC(=O)c3ccccc3OCc3ccccc3)o2)c([N+](=O)[O-])c1. The molecule has 4 rings (SSSR count). The summed E-state index contributed by atoms with van der Waals surface area (Å²) < 4.78 is 16.5. The third kappa shape index (κ3) is 5.72. The van der Waals surface area contributed by atoms with Crippen LogP contribution in [0.25, 0.3) is 11.3 Å². The molecule has 0 unspecified atom stereocenters. The quantitative estimate of drug-likeness (QED) is 0.204. The molecule has 0 bridgehead atoms. The maximum atomic E-state index is 12.7. The van der Waals surface area contributed by atoms with Gasteiger partial charge in [0.25, 0.3) is 11.6 Å². The van der Waals surface area contributed by atoms with Gasteiger partial charge in [0.15, 0.2) is 0 Å². The molecule has 0 aliphatic carbocycles. The number of carbonyl (C=O) groups excluding carboxylic acids is 1. The van der Waals surface area contributed by atoms with Crippen LogP contribution in [0.1, 0.15) is 21.7 Å². The molecule has 1 amide bonds. The third-order valence-corrected chi connectivity index (χ3v) is 5.02. The molecule has 1 heterocycles. The summed E-state index contributed by atoms with van der Waals surface area (Å²) in [4.78, 5) is 23.6. The van der Waals surface area contributed by atoms with E-state index in [1.165, 1.54) is 19.4 Å². The molecular weight excluding hydrogens is 450 g/mol. The minimum Gasteiger partial charge on any atom is -0.497 e. The normalized spacial score (nSPS) is 10.8. The zero-order chi connectivity index (χ0) is 24.6. The number of nitro benzene ring substituents is 1. The summed E-state index contributed by atoms with van der Waals surface area (Å²) in [5, 5.41) is 15.4. The van der Waals surface area contributed by atoms with Crippen LogP contribution in [0.4, 0.5) is 5.69 Å². The predicted molar refractivity (Wildman–Crippen MR) is 130 cm³/mol. The van der Waals surface area contributed by atoms with E-state index in [4.69, 9.17) is 13.9 Å². The van der Waals surface area contributed by atoms with Gasteiger partial charge < -0.3 is 13.9 Å². The van der Waals surface area contributed by atoms with E-state index < -0.39 is 10.8 Å². The monoisotopic (exact) mass is 471 g/mol. The van der Waals surface area contributed by atoms with Gasteiger partial charge in [0.1, 0.15) is 29.6 Å². The molecule has 4 aromatic rings. The van der Waals surface area contributed by atoms with Gasteiger partial charge in [-0.25, -0.2) is 5.43 Å². The van der Waals surface area contributed by atoms with Crippen molar-refractivity contribution in [3.63, 3.8) is 0 Å². The summed E-state index contributed by atoms with van der Waals surface area (Å²) in [6.45, 7) is 0.321. The number of hydrogen-bond donors (Lipinski definition) is 1. The van der Waals surface area contributed by atoms with Gasteiger partial charge in [-0.1, -0.05) is 42.5 Å². The number of methoxy groups -OCH3 is 1. The maximum absolute atomic E-state index is 12.7. The fourth-order valence-corrected chi connectivity index (χ4v) is 3.29. The first-order chi connectivity index (χ1) is 17.0. The molecule has 3 aromatic carbocycles. The van der Waals surface area contributed by atoms with Crippen LogP contribution in [-0.2, 0) is 6.61 Å². The number of ether oxygens (including phenoxy) is 2. The summed E-state index contributed by atoms with van der Waals surface area (Å²) in [5.74, 6) is 0.925. The van der Waals surface area contributed by atoms with Gasteiger partial charge in [-0.05, 0) is 42.0 Å². The lowest BCUT2D eigenvalue weighted by atomic mass is 10.1. The van der Waals surface area contributed by atoms with Crippen molar-refractivity contribution in [2.24, 2.45) is 5.10 Å². The van der Waals surface area contributed by atoms with E-state index in [-0.39, 0.29) is 11.4 Å². The highest BCUT2D eigenvalue weighted by molar-refractivity contribution is 5.97. The second kappa shape index (κ2) is 10.8. The molecule has 1 aromatic heterocycles. The lowest BCUT2D eigenvalue weighted by molar-refractivity contribution is -0.384. The number of hydrogen-bond acceptors (Lipinski definition) is 7. The highest BCUT2D eigenvalue weighted by atomic mass is 16.6. The number of amides is 1. The smallest absolute Gasteiger partial charge is 0.284 e. The molecular formula is C26H21N3O6. The van der Waals surface area contributed by atoms with Crippen molar-refractivity contribution in [3.05, 3.63) is 112 Å². The number of para-hydroxylation sites is 1. The van der Waals surface area contributed by atoms with Crippen LogP contribution in [0, 0.1) is 10.1 Å². The Labute approximate surface area is 200 Å². The van der Waals surface area contributed by atoms with E-state index in [0.717, 1.165) is 5.56 Å². The van der Waals surface area contributed by atoms with E-state index in [0.29, 0.717) is 35.0 Å². The van der Waals surface area contributed by atoms with Gasteiger partial charge in [0.2, 0.25) is 0 Å². The Kier molecular flexibility index (Phi) is 7.17. The molecule has 35 heavy (non-hydrogen) atoms. The number of furan rings is 1. The summed E-state index contributed by atoms with van der Waals surface area (Å²) in [6, 6.07) is 24.1. The molecule has 0 saturated heterocycles. The Morgan fingerprint density at radius 1 is 1.06 bits per heavy atom. The van der Waals surface area contributed by atoms with Gasteiger partial charge >= 0.3 is 0 Å². The molecule has 9 nitrogen and oxygen atoms in total. The van der Waals surface area contributed by atoms with Gasteiger partial charge in [0, 0.05) is 0 Å². The Morgan fingerprint density at radius 3 is 2.60 bits per heavy atom. The highest BCUT2D eigenvalue weighted by Gasteiger charge is 2.19. The molecule has 0 spiro atoms. The van der Waals surface area contributed by atoms with Crippen molar-refractivity contribution in [3.8, 4) is 22.8 Å². The van der Waals surface area contributed by atoms with Crippen LogP contribution >= 0.6 is 0 Å². The lowest BCUT2D eigenvalue weighted by Crippen LogP contribution is -2.18. The minimum absolute atomic E-state index is 0.150. The summed E-state index contributed by atoms with van der Waals surface area (Å²) in [7, 11) is 1.43. The summed E-state index contributed by atoms with van der Waals surface area (Å²) in [6.07, 6.45) is 1.31. The van der Waals surface area contributed by atoms with Crippen molar-refractivity contribution in [2.75, 3.05) is 7.11 Å². The van der Waals surface area contributed by atoms with Crippen LogP contribution in [0.15, 0.2) is 94.4 Å². The average molecular weight is 471 g/mol. The third-order valence-electron chi connectivity index (χ3n) is 5.02. The Hall–Kier alpha value is -4.92. The van der Waals surface area contributed by atoms with Gasteiger partial charge in [0.05, 0.1) is 35.4 Å². The van der Waals surface area contributed by atoms with E-state index in [1.54, 1.807) is 48.5 Å².